The van der Waals surface area contributed by atoms with Gasteiger partial charge in [0.05, 0.1) is 22.4 Å². The van der Waals surface area contributed by atoms with Crippen molar-refractivity contribution < 1.29 is 9.59 Å². The summed E-state index contributed by atoms with van der Waals surface area (Å²) in [4.78, 5) is 39.5. The number of aromatic nitrogens is 2. The van der Waals surface area contributed by atoms with E-state index in [9.17, 15) is 9.59 Å². The van der Waals surface area contributed by atoms with Gasteiger partial charge in [0.25, 0.3) is 0 Å². The van der Waals surface area contributed by atoms with Gasteiger partial charge in [0.1, 0.15) is 0 Å². The molecule has 0 fully saturated rings. The molecule has 6 nitrogen and oxygen atoms in total. The Labute approximate surface area is 329 Å². The van der Waals surface area contributed by atoms with E-state index in [2.05, 4.69) is 9.80 Å². The van der Waals surface area contributed by atoms with Crippen LogP contribution in [0.5, 0.6) is 0 Å². The number of benzene rings is 4. The highest BCUT2D eigenvalue weighted by molar-refractivity contribution is 6.31. The van der Waals surface area contributed by atoms with E-state index in [1.807, 2.05) is 137 Å². The van der Waals surface area contributed by atoms with Crippen molar-refractivity contribution in [3.05, 3.63) is 130 Å². The summed E-state index contributed by atoms with van der Waals surface area (Å²) in [7, 11) is 8.20. The minimum atomic E-state index is 0. The average Bonchev–Trinajstić information content (AvgIpc) is 3.14. The SMILES string of the molecule is CN(C)CCCCC(=O)c1cc(-c2ccccc2)nc2cc(Cl)ccc12.CN(C)CCCCC(=O)c1cc(-c2ccccc2)nc2cc(Cl)ccc12.Cl. The van der Waals surface area contributed by atoms with E-state index in [0.29, 0.717) is 22.9 Å². The number of halogens is 3. The number of unbranched alkanes of at least 4 members (excludes halogenated alkanes) is 2. The maximum absolute atomic E-state index is 12.9. The van der Waals surface area contributed by atoms with Gasteiger partial charge in [-0.25, -0.2) is 9.97 Å². The van der Waals surface area contributed by atoms with Crippen LogP contribution >= 0.6 is 35.6 Å². The van der Waals surface area contributed by atoms with Crippen molar-refractivity contribution in [1.82, 2.24) is 19.8 Å². The summed E-state index contributed by atoms with van der Waals surface area (Å²) >= 11 is 12.3. The van der Waals surface area contributed by atoms with Gasteiger partial charge in [0.15, 0.2) is 11.6 Å². The number of hydrogen-bond acceptors (Lipinski definition) is 6. The molecular formula is C44H47Cl3N4O2. The van der Waals surface area contributed by atoms with Gasteiger partial charge in [-0.15, -0.1) is 12.4 Å². The van der Waals surface area contributed by atoms with Crippen molar-refractivity contribution in [2.75, 3.05) is 41.3 Å². The monoisotopic (exact) mass is 768 g/mol. The average molecular weight is 770 g/mol. The zero-order chi connectivity index (χ0) is 37.0. The summed E-state index contributed by atoms with van der Waals surface area (Å²) in [5, 5.41) is 2.98. The summed E-state index contributed by atoms with van der Waals surface area (Å²) < 4.78 is 0. The topological polar surface area (TPSA) is 66.4 Å². The molecule has 53 heavy (non-hydrogen) atoms. The quantitative estimate of drug-likeness (QED) is 0.0812. The zero-order valence-electron chi connectivity index (χ0n) is 30.8. The second kappa shape index (κ2) is 20.3. The standard InChI is InChI=1S/2C22H23ClN2O.ClH/c2*1-25(2)13-7-6-10-22(26)19-15-20(16-8-4-3-5-9-16)24-21-14-17(23)11-12-18(19)21;/h2*3-5,8-9,11-12,14-15H,6-7,10,13H2,1-2H3;1H. The Morgan fingerprint density at radius 3 is 1.26 bits per heavy atom. The molecular weight excluding hydrogens is 723 g/mol. The molecule has 0 aliphatic rings. The molecule has 4 aromatic carbocycles. The Balaban J connectivity index is 0.000000232. The van der Waals surface area contributed by atoms with E-state index >= 15 is 0 Å². The molecule has 2 heterocycles. The lowest BCUT2D eigenvalue weighted by Crippen LogP contribution is -2.13. The maximum Gasteiger partial charge on any atom is 0.163 e. The fourth-order valence-corrected chi connectivity index (χ4v) is 6.41. The van der Waals surface area contributed by atoms with E-state index in [1.165, 1.54) is 0 Å². The summed E-state index contributed by atoms with van der Waals surface area (Å²) in [6.45, 7) is 1.99. The first-order valence-electron chi connectivity index (χ1n) is 17.8. The van der Waals surface area contributed by atoms with Crippen molar-refractivity contribution in [2.45, 2.75) is 38.5 Å². The smallest absolute Gasteiger partial charge is 0.163 e. The van der Waals surface area contributed by atoms with Crippen LogP contribution in [-0.2, 0) is 0 Å². The molecule has 0 spiro atoms. The van der Waals surface area contributed by atoms with Crippen molar-refractivity contribution in [3.8, 4) is 22.5 Å². The van der Waals surface area contributed by atoms with Gasteiger partial charge in [-0.1, -0.05) is 96.0 Å². The van der Waals surface area contributed by atoms with Gasteiger partial charge in [0, 0.05) is 55.9 Å². The summed E-state index contributed by atoms with van der Waals surface area (Å²) in [6, 6.07) is 34.8. The second-order valence-electron chi connectivity index (χ2n) is 13.5. The molecule has 0 aliphatic heterocycles. The molecule has 0 saturated carbocycles. The van der Waals surface area contributed by atoms with Crippen molar-refractivity contribution in [2.24, 2.45) is 0 Å². The fraction of sp³-hybridized carbons (Fsp3) is 0.273. The molecule has 6 rings (SSSR count). The van der Waals surface area contributed by atoms with Gasteiger partial charge < -0.3 is 9.80 Å². The van der Waals surface area contributed by atoms with Gasteiger partial charge in [-0.05, 0) is 103 Å². The number of hydrogen-bond donors (Lipinski definition) is 0. The van der Waals surface area contributed by atoms with Crippen LogP contribution in [0, 0.1) is 0 Å². The molecule has 2 aromatic heterocycles. The number of nitrogens with zero attached hydrogens (tertiary/aromatic N) is 4. The molecule has 0 unspecified atom stereocenters. The van der Waals surface area contributed by atoms with E-state index in [4.69, 9.17) is 33.2 Å². The normalized spacial score (nSPS) is 11.0. The number of ketones is 2. The molecule has 0 aliphatic carbocycles. The van der Waals surface area contributed by atoms with E-state index in [0.717, 1.165) is 94.2 Å². The molecule has 0 saturated heterocycles. The van der Waals surface area contributed by atoms with E-state index < -0.39 is 0 Å². The first kappa shape index (κ1) is 41.6. The lowest BCUT2D eigenvalue weighted by atomic mass is 9.98. The largest absolute Gasteiger partial charge is 0.309 e. The first-order chi connectivity index (χ1) is 25.1. The Bertz CT molecular complexity index is 1970. The summed E-state index contributed by atoms with van der Waals surface area (Å²) in [6.07, 6.45) is 4.88. The highest BCUT2D eigenvalue weighted by Gasteiger charge is 2.16. The van der Waals surface area contributed by atoms with Crippen LogP contribution in [0.4, 0.5) is 0 Å². The molecule has 9 heteroatoms. The predicted molar refractivity (Wildman–Crippen MR) is 225 cm³/mol. The minimum Gasteiger partial charge on any atom is -0.309 e. The van der Waals surface area contributed by atoms with Gasteiger partial charge in [0.2, 0.25) is 0 Å². The van der Waals surface area contributed by atoms with Gasteiger partial charge >= 0.3 is 0 Å². The van der Waals surface area contributed by atoms with Gasteiger partial charge in [-0.3, -0.25) is 9.59 Å². The number of carbonyl (C=O) groups excluding carboxylic acids is 2. The van der Waals surface area contributed by atoms with E-state index in [1.54, 1.807) is 0 Å². The van der Waals surface area contributed by atoms with Crippen LogP contribution in [0.15, 0.2) is 109 Å². The lowest BCUT2D eigenvalue weighted by Gasteiger charge is -2.11. The van der Waals surface area contributed by atoms with Crippen LogP contribution in [0.25, 0.3) is 44.3 Å². The predicted octanol–water partition coefficient (Wildman–Crippen LogP) is 11.4. The molecule has 0 amide bonds. The Kier molecular flexibility index (Phi) is 16.0. The van der Waals surface area contributed by atoms with Crippen molar-refractivity contribution >= 4 is 69.0 Å². The third-order valence-electron chi connectivity index (χ3n) is 8.80. The highest BCUT2D eigenvalue weighted by Crippen LogP contribution is 2.29. The zero-order valence-corrected chi connectivity index (χ0v) is 33.1. The second-order valence-corrected chi connectivity index (χ2v) is 14.4. The Morgan fingerprint density at radius 1 is 0.528 bits per heavy atom. The summed E-state index contributed by atoms with van der Waals surface area (Å²) in [5.74, 6) is 0.325. The Morgan fingerprint density at radius 2 is 0.906 bits per heavy atom. The lowest BCUT2D eigenvalue weighted by molar-refractivity contribution is 0.0972. The molecule has 0 atom stereocenters. The highest BCUT2D eigenvalue weighted by atomic mass is 35.5. The third-order valence-corrected chi connectivity index (χ3v) is 9.27. The van der Waals surface area contributed by atoms with Crippen molar-refractivity contribution in [3.63, 3.8) is 0 Å². The minimum absolute atomic E-state index is 0. The first-order valence-corrected chi connectivity index (χ1v) is 18.5. The van der Waals surface area contributed by atoms with Crippen LogP contribution in [-0.4, -0.2) is 72.6 Å². The molecule has 6 aromatic rings. The fourth-order valence-electron chi connectivity index (χ4n) is 6.07. The third kappa shape index (κ3) is 11.9. The van der Waals surface area contributed by atoms with Crippen LogP contribution in [0.3, 0.4) is 0 Å². The van der Waals surface area contributed by atoms with Crippen LogP contribution < -0.4 is 0 Å². The molecule has 0 radical (unpaired) electrons. The number of fused-ring (bicyclic) bond motifs is 2. The molecule has 0 bridgehead atoms. The molecule has 276 valence electrons. The number of rotatable bonds is 14. The number of pyridine rings is 2. The van der Waals surface area contributed by atoms with Gasteiger partial charge in [-0.2, -0.15) is 0 Å². The van der Waals surface area contributed by atoms with Crippen LogP contribution in [0.1, 0.15) is 59.2 Å². The van der Waals surface area contributed by atoms with Crippen molar-refractivity contribution in [1.29, 1.82) is 0 Å². The summed E-state index contributed by atoms with van der Waals surface area (Å²) in [5.41, 5.74) is 6.58. The number of Topliss-reactive ketones (excluding diaryl/α,β-unsaturated/α-hetero) is 2. The molecule has 0 N–H and O–H groups in total. The Hall–Kier alpha value is -4.17. The van der Waals surface area contributed by atoms with E-state index in [-0.39, 0.29) is 24.0 Å². The number of carbonyl (C=O) groups is 2. The van der Waals surface area contributed by atoms with Crippen LogP contribution in [0.2, 0.25) is 10.0 Å². The maximum atomic E-state index is 12.9.